The van der Waals surface area contributed by atoms with Gasteiger partial charge in [0, 0.05) is 15.2 Å². The Bertz CT molecular complexity index is 1410. The van der Waals surface area contributed by atoms with Crippen molar-refractivity contribution in [3.63, 3.8) is 0 Å². The third kappa shape index (κ3) is 6.98. The fourth-order valence-electron chi connectivity index (χ4n) is 3.57. The normalized spacial score (nSPS) is 14.2. The molecular weight excluding hydrogens is 592 g/mol. The second kappa shape index (κ2) is 12.5. The summed E-state index contributed by atoms with van der Waals surface area (Å²) < 4.78 is 12.3. The molecule has 1 aliphatic heterocycles. The number of carbonyl (C=O) groups is 3. The molecule has 3 aromatic carbocycles. The third-order valence-corrected chi connectivity index (χ3v) is 7.35. The number of aryl methyl sites for hydroxylation is 1. The lowest BCUT2D eigenvalue weighted by molar-refractivity contribution is -0.123. The Morgan fingerprint density at radius 2 is 1.82 bits per heavy atom. The van der Waals surface area contributed by atoms with Crippen LogP contribution in [0.15, 0.2) is 70.0 Å². The van der Waals surface area contributed by atoms with Crippen LogP contribution in [-0.4, -0.2) is 35.2 Å². The van der Waals surface area contributed by atoms with Crippen molar-refractivity contribution in [1.29, 1.82) is 0 Å². The van der Waals surface area contributed by atoms with E-state index in [-0.39, 0.29) is 30.2 Å². The van der Waals surface area contributed by atoms with Gasteiger partial charge in [-0.15, -0.1) is 0 Å². The van der Waals surface area contributed by atoms with Gasteiger partial charge in [-0.05, 0) is 84.8 Å². The van der Waals surface area contributed by atoms with Crippen LogP contribution < -0.4 is 14.8 Å². The van der Waals surface area contributed by atoms with Gasteiger partial charge in [-0.1, -0.05) is 51.8 Å². The molecule has 196 valence electrons. The molecule has 0 bridgehead atoms. The highest BCUT2D eigenvalue weighted by molar-refractivity contribution is 9.10. The van der Waals surface area contributed by atoms with E-state index in [2.05, 4.69) is 21.2 Å². The van der Waals surface area contributed by atoms with Gasteiger partial charge in [0.2, 0.25) is 0 Å². The number of amides is 3. The van der Waals surface area contributed by atoms with E-state index in [1.165, 1.54) is 4.90 Å². The van der Waals surface area contributed by atoms with Crippen LogP contribution in [0.1, 0.15) is 23.6 Å². The molecule has 3 amide bonds. The summed E-state index contributed by atoms with van der Waals surface area (Å²) in [6, 6.07) is 17.8. The average Bonchev–Trinajstić information content (AvgIpc) is 3.14. The van der Waals surface area contributed by atoms with Crippen LogP contribution in [0.4, 0.5) is 10.5 Å². The minimum Gasteiger partial charge on any atom is -0.490 e. The number of halogens is 2. The van der Waals surface area contributed by atoms with E-state index < -0.39 is 0 Å². The first-order valence-corrected chi connectivity index (χ1v) is 13.7. The summed E-state index contributed by atoms with van der Waals surface area (Å²) in [5.41, 5.74) is 3.00. The summed E-state index contributed by atoms with van der Waals surface area (Å²) in [4.78, 5) is 39.4. The van der Waals surface area contributed by atoms with Gasteiger partial charge in [0.15, 0.2) is 18.1 Å². The number of anilines is 1. The third-order valence-electron chi connectivity index (χ3n) is 5.51. The Hall–Kier alpha value is -3.27. The van der Waals surface area contributed by atoms with Crippen molar-refractivity contribution in [1.82, 2.24) is 4.90 Å². The van der Waals surface area contributed by atoms with Gasteiger partial charge in [0.1, 0.15) is 0 Å². The van der Waals surface area contributed by atoms with E-state index in [0.717, 1.165) is 27.4 Å². The number of hydrogen-bond acceptors (Lipinski definition) is 6. The van der Waals surface area contributed by atoms with Gasteiger partial charge in [-0.2, -0.15) is 0 Å². The second-order valence-corrected chi connectivity index (χ2v) is 10.7. The number of imide groups is 1. The molecule has 1 aliphatic rings. The summed E-state index contributed by atoms with van der Waals surface area (Å²) in [5.74, 6) is 0.0935. The lowest BCUT2D eigenvalue weighted by Gasteiger charge is -2.13. The Morgan fingerprint density at radius 1 is 1.05 bits per heavy atom. The molecule has 3 aromatic rings. The minimum absolute atomic E-state index is 0.198. The number of carbonyl (C=O) groups excluding carboxylic acids is 3. The quantitative estimate of drug-likeness (QED) is 0.259. The Morgan fingerprint density at radius 3 is 2.53 bits per heavy atom. The molecular formula is C28H24BrClN2O5S. The molecule has 4 rings (SSSR count). The molecule has 1 fully saturated rings. The van der Waals surface area contributed by atoms with Crippen molar-refractivity contribution in [2.24, 2.45) is 0 Å². The van der Waals surface area contributed by atoms with Crippen LogP contribution in [0.3, 0.4) is 0 Å². The lowest BCUT2D eigenvalue weighted by atomic mass is 10.1. The van der Waals surface area contributed by atoms with Crippen LogP contribution >= 0.6 is 39.3 Å². The van der Waals surface area contributed by atoms with E-state index >= 15 is 0 Å². The summed E-state index contributed by atoms with van der Waals surface area (Å²) in [7, 11) is 0. The lowest BCUT2D eigenvalue weighted by Crippen LogP contribution is -2.27. The van der Waals surface area contributed by atoms with Crippen molar-refractivity contribution in [3.8, 4) is 11.5 Å². The highest BCUT2D eigenvalue weighted by Gasteiger charge is 2.35. The zero-order chi connectivity index (χ0) is 27.2. The van der Waals surface area contributed by atoms with Crippen molar-refractivity contribution < 1.29 is 23.9 Å². The maximum Gasteiger partial charge on any atom is 0.293 e. The maximum absolute atomic E-state index is 12.9. The molecule has 1 N–H and O–H groups in total. The fourth-order valence-corrected chi connectivity index (χ4v) is 4.86. The van der Waals surface area contributed by atoms with Gasteiger partial charge >= 0.3 is 0 Å². The van der Waals surface area contributed by atoms with E-state index in [4.69, 9.17) is 21.1 Å². The molecule has 0 spiro atoms. The first-order chi connectivity index (χ1) is 18.2. The highest BCUT2D eigenvalue weighted by Crippen LogP contribution is 2.35. The predicted molar refractivity (Wildman–Crippen MR) is 154 cm³/mol. The van der Waals surface area contributed by atoms with Crippen LogP contribution in [0, 0.1) is 6.92 Å². The number of nitrogens with zero attached hydrogens (tertiary/aromatic N) is 1. The number of hydrogen-bond donors (Lipinski definition) is 1. The highest BCUT2D eigenvalue weighted by atomic mass is 79.9. The van der Waals surface area contributed by atoms with E-state index in [9.17, 15) is 14.4 Å². The van der Waals surface area contributed by atoms with Gasteiger partial charge in [-0.25, -0.2) is 0 Å². The molecule has 0 unspecified atom stereocenters. The van der Waals surface area contributed by atoms with E-state index in [1.807, 2.05) is 44.2 Å². The summed E-state index contributed by atoms with van der Waals surface area (Å²) in [5, 5.41) is 2.98. The first-order valence-electron chi connectivity index (χ1n) is 11.7. The number of nitrogens with one attached hydrogen (secondary N) is 1. The molecule has 1 saturated heterocycles. The zero-order valence-corrected chi connectivity index (χ0v) is 23.8. The molecule has 0 saturated carbocycles. The summed E-state index contributed by atoms with van der Waals surface area (Å²) in [6.45, 7) is 4.05. The van der Waals surface area contributed by atoms with Crippen LogP contribution in [0.5, 0.6) is 11.5 Å². The van der Waals surface area contributed by atoms with Crippen LogP contribution in [0.25, 0.3) is 6.08 Å². The molecule has 1 heterocycles. The predicted octanol–water partition coefficient (Wildman–Crippen LogP) is 7.06. The van der Waals surface area contributed by atoms with Gasteiger partial charge in [-0.3, -0.25) is 19.3 Å². The molecule has 7 nitrogen and oxygen atoms in total. The van der Waals surface area contributed by atoms with Gasteiger partial charge in [0.25, 0.3) is 17.1 Å². The summed E-state index contributed by atoms with van der Waals surface area (Å²) in [6.07, 6.45) is 1.65. The Labute approximate surface area is 238 Å². The number of thioether (sulfide) groups is 1. The van der Waals surface area contributed by atoms with Gasteiger partial charge < -0.3 is 14.8 Å². The number of rotatable bonds is 9. The second-order valence-electron chi connectivity index (χ2n) is 8.33. The van der Waals surface area contributed by atoms with Crippen molar-refractivity contribution in [2.75, 3.05) is 18.5 Å². The zero-order valence-electron chi connectivity index (χ0n) is 20.6. The Balaban J connectivity index is 1.43. The average molecular weight is 616 g/mol. The van der Waals surface area contributed by atoms with Crippen molar-refractivity contribution in [3.05, 3.63) is 91.8 Å². The Kier molecular flexibility index (Phi) is 9.14. The number of benzene rings is 3. The van der Waals surface area contributed by atoms with Crippen LogP contribution in [0.2, 0.25) is 5.02 Å². The monoisotopic (exact) mass is 614 g/mol. The molecule has 0 aliphatic carbocycles. The van der Waals surface area contributed by atoms with Gasteiger partial charge in [0.05, 0.1) is 18.1 Å². The van der Waals surface area contributed by atoms with Crippen LogP contribution in [-0.2, 0) is 16.1 Å². The molecule has 10 heteroatoms. The molecule has 0 atom stereocenters. The largest absolute Gasteiger partial charge is 0.490 e. The first kappa shape index (κ1) is 27.8. The molecule has 0 aromatic heterocycles. The van der Waals surface area contributed by atoms with Crippen molar-refractivity contribution in [2.45, 2.75) is 20.4 Å². The van der Waals surface area contributed by atoms with E-state index in [0.29, 0.717) is 39.3 Å². The standard InChI is InChI=1S/C28H24BrClN2O5S/c1-3-36-24-12-19(7-11-23(24)37-16-26(33)31-21-10-4-17(2)22(30)14-21)13-25-27(34)32(28(35)38-25)15-18-5-8-20(29)9-6-18/h4-14H,3,15-16H2,1-2H3,(H,31,33)/b25-13-. The fraction of sp³-hybridized carbons (Fsp3) is 0.179. The molecule has 38 heavy (non-hydrogen) atoms. The maximum atomic E-state index is 12.9. The number of ether oxygens (including phenoxy) is 2. The van der Waals surface area contributed by atoms with E-state index in [1.54, 1.807) is 36.4 Å². The SMILES string of the molecule is CCOc1cc(/C=C2\SC(=O)N(Cc3ccc(Br)cc3)C2=O)ccc1OCC(=O)Nc1ccc(C)c(Cl)c1. The topological polar surface area (TPSA) is 84.9 Å². The summed E-state index contributed by atoms with van der Waals surface area (Å²) >= 11 is 10.4. The minimum atomic E-state index is -0.353. The molecule has 0 radical (unpaired) electrons. The van der Waals surface area contributed by atoms with Crippen molar-refractivity contribution >= 4 is 68.1 Å². The smallest absolute Gasteiger partial charge is 0.293 e.